The van der Waals surface area contributed by atoms with Crippen LogP contribution in [0.1, 0.15) is 16.8 Å². The number of aliphatic hydroxyl groups excluding tert-OH is 1. The number of benzene rings is 2. The van der Waals surface area contributed by atoms with Gasteiger partial charge in [0.2, 0.25) is 10.0 Å². The summed E-state index contributed by atoms with van der Waals surface area (Å²) in [6.45, 7) is 0.116. The monoisotopic (exact) mass is 460 g/mol. The van der Waals surface area contributed by atoms with Gasteiger partial charge in [-0.15, -0.1) is 0 Å². The molecule has 1 amide bonds. The molecule has 11 heteroatoms. The summed E-state index contributed by atoms with van der Waals surface area (Å²) in [6.07, 6.45) is -0.695. The topological polar surface area (TPSA) is 95.9 Å². The van der Waals surface area contributed by atoms with Gasteiger partial charge in [-0.2, -0.15) is 4.31 Å². The average molecular weight is 461 g/mol. The zero-order valence-corrected chi connectivity index (χ0v) is 17.2. The third-order valence-electron chi connectivity index (χ3n) is 4.50. The first-order valence-corrected chi connectivity index (χ1v) is 10.8. The van der Waals surface area contributed by atoms with Crippen molar-refractivity contribution in [2.45, 2.75) is 17.4 Å². The summed E-state index contributed by atoms with van der Waals surface area (Å²) in [5.74, 6) is -2.40. The van der Waals surface area contributed by atoms with E-state index in [-0.39, 0.29) is 49.0 Å². The molecule has 1 atom stereocenters. The second-order valence-corrected chi connectivity index (χ2v) is 8.96. The molecule has 3 rings (SSSR count). The van der Waals surface area contributed by atoms with E-state index in [0.717, 1.165) is 28.6 Å². The number of aliphatic hydroxyl groups is 1. The van der Waals surface area contributed by atoms with Crippen LogP contribution in [0.3, 0.4) is 0 Å². The van der Waals surface area contributed by atoms with Crippen molar-refractivity contribution < 1.29 is 31.8 Å². The van der Waals surface area contributed by atoms with E-state index in [1.54, 1.807) is 0 Å². The predicted octanol–water partition coefficient (Wildman–Crippen LogP) is 2.64. The molecule has 2 aromatic carbocycles. The van der Waals surface area contributed by atoms with E-state index >= 15 is 0 Å². The summed E-state index contributed by atoms with van der Waals surface area (Å²) in [6, 6.07) is 6.50. The fourth-order valence-corrected chi connectivity index (χ4v) is 4.58. The summed E-state index contributed by atoms with van der Waals surface area (Å²) in [5, 5.41) is 12.0. The van der Waals surface area contributed by atoms with E-state index in [1.165, 1.54) is 12.1 Å². The molecule has 0 radical (unpaired) electrons. The van der Waals surface area contributed by atoms with Crippen LogP contribution < -0.4 is 5.32 Å². The second-order valence-electron chi connectivity index (χ2n) is 6.65. The maximum absolute atomic E-state index is 14.4. The van der Waals surface area contributed by atoms with Gasteiger partial charge in [-0.3, -0.25) is 4.79 Å². The molecular formula is C19H19ClF2N2O5S. The van der Waals surface area contributed by atoms with Gasteiger partial charge in [-0.25, -0.2) is 17.2 Å². The Morgan fingerprint density at radius 1 is 1.17 bits per heavy atom. The lowest BCUT2D eigenvalue weighted by atomic mass is 10.2. The quantitative estimate of drug-likeness (QED) is 0.731. The van der Waals surface area contributed by atoms with E-state index in [4.69, 9.17) is 16.3 Å². The van der Waals surface area contributed by atoms with Crippen LogP contribution in [0.15, 0.2) is 41.3 Å². The summed E-state index contributed by atoms with van der Waals surface area (Å²) in [7, 11) is -4.28. The molecule has 2 aromatic rings. The van der Waals surface area contributed by atoms with Gasteiger partial charge in [0, 0.05) is 24.3 Å². The molecule has 1 saturated heterocycles. The van der Waals surface area contributed by atoms with Crippen LogP contribution in [0.2, 0.25) is 5.02 Å². The van der Waals surface area contributed by atoms with Crippen LogP contribution in [0, 0.1) is 11.6 Å². The first-order chi connectivity index (χ1) is 14.2. The van der Waals surface area contributed by atoms with Crippen LogP contribution in [-0.2, 0) is 14.8 Å². The SMILES string of the molecule is O=C(Nc1ccc(F)c(Cl)c1)c1ccc(F)c(S(=O)(=O)N2CCOC[C@H](O)CC2)c1. The summed E-state index contributed by atoms with van der Waals surface area (Å²) < 4.78 is 59.7. The Kier molecular flexibility index (Phi) is 7.04. The summed E-state index contributed by atoms with van der Waals surface area (Å²) in [5.41, 5.74) is 0.0776. The zero-order valence-electron chi connectivity index (χ0n) is 15.6. The molecule has 7 nitrogen and oxygen atoms in total. The number of amides is 1. The minimum Gasteiger partial charge on any atom is -0.391 e. The van der Waals surface area contributed by atoms with Crippen molar-refractivity contribution in [3.63, 3.8) is 0 Å². The molecule has 1 heterocycles. The maximum atomic E-state index is 14.4. The summed E-state index contributed by atoms with van der Waals surface area (Å²) >= 11 is 5.68. The minimum atomic E-state index is -4.28. The molecule has 0 aromatic heterocycles. The highest BCUT2D eigenvalue weighted by Crippen LogP contribution is 2.24. The molecule has 1 aliphatic rings. The highest BCUT2D eigenvalue weighted by Gasteiger charge is 2.30. The number of sulfonamides is 1. The van der Waals surface area contributed by atoms with Crippen molar-refractivity contribution in [2.75, 3.05) is 31.6 Å². The largest absolute Gasteiger partial charge is 0.391 e. The number of carbonyl (C=O) groups is 1. The van der Waals surface area contributed by atoms with Gasteiger partial charge < -0.3 is 15.2 Å². The standard InChI is InChI=1S/C19H19ClF2N2O5S/c20-15-10-13(2-4-16(15)21)23-19(26)12-1-3-17(22)18(9-12)30(27,28)24-6-5-14(25)11-29-8-7-24/h1-4,9-10,14,25H,5-8,11H2,(H,23,26)/t14-/m1/s1. The number of hydrogen-bond acceptors (Lipinski definition) is 5. The van der Waals surface area contributed by atoms with Gasteiger partial charge in [0.15, 0.2) is 0 Å². The minimum absolute atomic E-state index is 0.0149. The molecule has 0 unspecified atom stereocenters. The van der Waals surface area contributed by atoms with E-state index in [9.17, 15) is 27.1 Å². The molecule has 0 aliphatic carbocycles. The van der Waals surface area contributed by atoms with Gasteiger partial charge >= 0.3 is 0 Å². The molecule has 30 heavy (non-hydrogen) atoms. The Bertz CT molecular complexity index is 1050. The van der Waals surface area contributed by atoms with E-state index < -0.39 is 38.6 Å². The Hall–Kier alpha value is -2.11. The number of carbonyl (C=O) groups excluding carboxylic acids is 1. The number of ether oxygens (including phenoxy) is 1. The van der Waals surface area contributed by atoms with Gasteiger partial charge in [-0.05, 0) is 42.8 Å². The van der Waals surface area contributed by atoms with Gasteiger partial charge in [-0.1, -0.05) is 11.6 Å². The predicted molar refractivity (Wildman–Crippen MR) is 106 cm³/mol. The smallest absolute Gasteiger partial charge is 0.255 e. The fourth-order valence-electron chi connectivity index (χ4n) is 2.87. The molecule has 162 valence electrons. The summed E-state index contributed by atoms with van der Waals surface area (Å²) in [4.78, 5) is 11.8. The lowest BCUT2D eigenvalue weighted by molar-refractivity contribution is 0.0130. The number of nitrogens with one attached hydrogen (secondary N) is 1. The van der Waals surface area contributed by atoms with Gasteiger partial charge in [0.25, 0.3) is 5.91 Å². The Balaban J connectivity index is 1.86. The number of hydrogen-bond donors (Lipinski definition) is 2. The Morgan fingerprint density at radius 3 is 2.63 bits per heavy atom. The molecule has 0 saturated carbocycles. The van der Waals surface area contributed by atoms with Crippen LogP contribution in [0.5, 0.6) is 0 Å². The molecule has 0 spiro atoms. The normalized spacial score (nSPS) is 18.5. The average Bonchev–Trinajstić information content (AvgIpc) is 2.67. The van der Waals surface area contributed by atoms with Crippen molar-refractivity contribution in [3.05, 3.63) is 58.6 Å². The van der Waals surface area contributed by atoms with Crippen molar-refractivity contribution in [3.8, 4) is 0 Å². The number of halogens is 3. The Morgan fingerprint density at radius 2 is 1.90 bits per heavy atom. The first kappa shape index (κ1) is 22.6. The number of anilines is 1. The highest BCUT2D eigenvalue weighted by molar-refractivity contribution is 7.89. The van der Waals surface area contributed by atoms with Crippen LogP contribution >= 0.6 is 11.6 Å². The van der Waals surface area contributed by atoms with Crippen molar-refractivity contribution in [2.24, 2.45) is 0 Å². The van der Waals surface area contributed by atoms with Crippen molar-refractivity contribution in [1.82, 2.24) is 4.31 Å². The fraction of sp³-hybridized carbons (Fsp3) is 0.316. The van der Waals surface area contributed by atoms with Gasteiger partial charge in [0.1, 0.15) is 16.5 Å². The Labute approximate surface area is 177 Å². The molecule has 1 aliphatic heterocycles. The first-order valence-electron chi connectivity index (χ1n) is 9.00. The second kappa shape index (κ2) is 9.36. The van der Waals surface area contributed by atoms with Crippen LogP contribution in [0.4, 0.5) is 14.5 Å². The van der Waals surface area contributed by atoms with Crippen LogP contribution in [0.25, 0.3) is 0 Å². The zero-order chi connectivity index (χ0) is 21.9. The molecule has 0 bridgehead atoms. The maximum Gasteiger partial charge on any atom is 0.255 e. The van der Waals surface area contributed by atoms with Gasteiger partial charge in [0.05, 0.1) is 24.3 Å². The number of rotatable bonds is 4. The third kappa shape index (κ3) is 5.13. The van der Waals surface area contributed by atoms with E-state index in [0.29, 0.717) is 0 Å². The molecular weight excluding hydrogens is 442 g/mol. The van der Waals surface area contributed by atoms with Crippen LogP contribution in [-0.4, -0.2) is 56.1 Å². The van der Waals surface area contributed by atoms with E-state index in [1.807, 2.05) is 0 Å². The number of nitrogens with zero attached hydrogens (tertiary/aromatic N) is 1. The lowest BCUT2D eigenvalue weighted by Crippen LogP contribution is -2.39. The van der Waals surface area contributed by atoms with E-state index in [2.05, 4.69) is 5.32 Å². The van der Waals surface area contributed by atoms with Crippen molar-refractivity contribution >= 4 is 33.2 Å². The highest BCUT2D eigenvalue weighted by atomic mass is 35.5. The van der Waals surface area contributed by atoms with Crippen molar-refractivity contribution in [1.29, 1.82) is 0 Å². The molecule has 2 N–H and O–H groups in total. The molecule has 1 fully saturated rings. The lowest BCUT2D eigenvalue weighted by Gasteiger charge is -2.26. The third-order valence-corrected chi connectivity index (χ3v) is 6.70.